The minimum Gasteiger partial charge on any atom is -0.452 e. The zero-order valence-electron chi connectivity index (χ0n) is 12.7. The summed E-state index contributed by atoms with van der Waals surface area (Å²) in [4.78, 5) is 33.7. The Kier molecular flexibility index (Phi) is 5.14. The monoisotopic (exact) mass is 353 g/mol. The van der Waals surface area contributed by atoms with Crippen molar-refractivity contribution in [3.8, 4) is 0 Å². The highest BCUT2D eigenvalue weighted by molar-refractivity contribution is 6.34. The van der Waals surface area contributed by atoms with Crippen LogP contribution in [-0.2, 0) is 9.53 Å². The summed E-state index contributed by atoms with van der Waals surface area (Å²) in [6.07, 6.45) is 0. The first-order valence-electron chi connectivity index (χ1n) is 6.63. The average Bonchev–Trinajstić information content (AvgIpc) is 2.85. The number of benzene rings is 1. The first-order valence-corrected chi connectivity index (χ1v) is 7.01. The number of nitrogens with zero attached hydrogens (tertiary/aromatic N) is 2. The molecule has 9 nitrogen and oxygen atoms in total. The number of nitro groups is 1. The standard InChI is InChI=1S/C14H12ClN3O6/c1-7-13(8(2)24-17-7)14(20)23-6-12(19)16-11-4-3-9(18(21)22)5-10(11)15/h3-5H,6H2,1-2H3,(H,16,19). The minimum atomic E-state index is -0.740. The Bertz CT molecular complexity index is 797. The van der Waals surface area contributed by atoms with Gasteiger partial charge < -0.3 is 14.6 Å². The minimum absolute atomic E-state index is 0.00500. The highest BCUT2D eigenvalue weighted by atomic mass is 35.5. The van der Waals surface area contributed by atoms with Crippen LogP contribution in [0.15, 0.2) is 22.7 Å². The largest absolute Gasteiger partial charge is 0.452 e. The number of ether oxygens (including phenoxy) is 1. The molecule has 10 heteroatoms. The van der Waals surface area contributed by atoms with E-state index >= 15 is 0 Å². The Morgan fingerprint density at radius 2 is 2.12 bits per heavy atom. The number of nitrogens with one attached hydrogen (secondary N) is 1. The Hall–Kier alpha value is -2.94. The molecule has 2 aromatic rings. The number of hydrogen-bond donors (Lipinski definition) is 1. The third kappa shape index (κ3) is 3.87. The van der Waals surface area contributed by atoms with Gasteiger partial charge in [-0.25, -0.2) is 4.79 Å². The van der Waals surface area contributed by atoms with E-state index < -0.39 is 23.4 Å². The molecule has 1 amide bonds. The van der Waals surface area contributed by atoms with Crippen LogP contribution in [0.25, 0.3) is 0 Å². The molecule has 0 aliphatic carbocycles. The quantitative estimate of drug-likeness (QED) is 0.497. The van der Waals surface area contributed by atoms with E-state index in [-0.39, 0.29) is 27.7 Å². The fourth-order valence-electron chi connectivity index (χ4n) is 1.88. The predicted octanol–water partition coefficient (Wildman–Crippen LogP) is 2.65. The molecular weight excluding hydrogens is 342 g/mol. The van der Waals surface area contributed by atoms with Gasteiger partial charge in [-0.3, -0.25) is 14.9 Å². The number of carbonyl (C=O) groups is 2. The number of nitro benzene ring substituents is 1. The first-order chi connectivity index (χ1) is 11.3. The van der Waals surface area contributed by atoms with Crippen LogP contribution in [0.1, 0.15) is 21.8 Å². The van der Waals surface area contributed by atoms with Gasteiger partial charge in [0.2, 0.25) is 0 Å². The number of esters is 1. The number of rotatable bonds is 5. The number of carbonyl (C=O) groups excluding carboxylic acids is 2. The molecule has 0 aliphatic rings. The maximum Gasteiger partial charge on any atom is 0.344 e. The molecule has 0 spiro atoms. The summed E-state index contributed by atoms with van der Waals surface area (Å²) in [7, 11) is 0. The van der Waals surface area contributed by atoms with Crippen molar-refractivity contribution in [2.24, 2.45) is 0 Å². The lowest BCUT2D eigenvalue weighted by Crippen LogP contribution is -2.21. The molecule has 0 saturated heterocycles. The molecule has 0 unspecified atom stereocenters. The van der Waals surface area contributed by atoms with Crippen molar-refractivity contribution in [2.45, 2.75) is 13.8 Å². The van der Waals surface area contributed by atoms with Gasteiger partial charge in [0.15, 0.2) is 6.61 Å². The van der Waals surface area contributed by atoms with Gasteiger partial charge in [-0.1, -0.05) is 16.8 Å². The Labute approximate surface area is 140 Å². The highest BCUT2D eigenvalue weighted by Crippen LogP contribution is 2.26. The fourth-order valence-corrected chi connectivity index (χ4v) is 2.10. The van der Waals surface area contributed by atoms with Crippen molar-refractivity contribution >= 4 is 34.9 Å². The Morgan fingerprint density at radius 1 is 1.42 bits per heavy atom. The summed E-state index contributed by atoms with van der Waals surface area (Å²) in [6, 6.07) is 3.58. The molecule has 1 N–H and O–H groups in total. The van der Waals surface area contributed by atoms with Crippen molar-refractivity contribution in [3.05, 3.63) is 50.4 Å². The van der Waals surface area contributed by atoms with Crippen LogP contribution in [0.2, 0.25) is 5.02 Å². The summed E-state index contributed by atoms with van der Waals surface area (Å²) >= 11 is 5.86. The number of non-ortho nitro benzene ring substituents is 1. The van der Waals surface area contributed by atoms with E-state index in [4.69, 9.17) is 20.9 Å². The average molecular weight is 354 g/mol. The molecular formula is C14H12ClN3O6. The SMILES string of the molecule is Cc1noc(C)c1C(=O)OCC(=O)Nc1ccc([N+](=O)[O-])cc1Cl. The maximum absolute atomic E-state index is 11.9. The lowest BCUT2D eigenvalue weighted by atomic mass is 10.2. The zero-order valence-corrected chi connectivity index (χ0v) is 13.4. The van der Waals surface area contributed by atoms with Crippen molar-refractivity contribution in [3.63, 3.8) is 0 Å². The summed E-state index contributed by atoms with van der Waals surface area (Å²) < 4.78 is 9.72. The van der Waals surface area contributed by atoms with Crippen LogP contribution in [0.5, 0.6) is 0 Å². The lowest BCUT2D eigenvalue weighted by Gasteiger charge is -2.08. The van der Waals surface area contributed by atoms with E-state index in [0.29, 0.717) is 5.69 Å². The molecule has 0 fully saturated rings. The number of aryl methyl sites for hydroxylation is 2. The Balaban J connectivity index is 1.97. The van der Waals surface area contributed by atoms with E-state index in [1.165, 1.54) is 12.1 Å². The molecule has 1 aromatic carbocycles. The van der Waals surface area contributed by atoms with Gasteiger partial charge in [-0.15, -0.1) is 0 Å². The second kappa shape index (κ2) is 7.09. The molecule has 2 rings (SSSR count). The van der Waals surface area contributed by atoms with E-state index in [9.17, 15) is 19.7 Å². The molecule has 0 bridgehead atoms. The number of amides is 1. The van der Waals surface area contributed by atoms with Crippen LogP contribution < -0.4 is 5.32 Å². The van der Waals surface area contributed by atoms with Gasteiger partial charge in [0.25, 0.3) is 11.6 Å². The van der Waals surface area contributed by atoms with Crippen LogP contribution in [-0.4, -0.2) is 28.6 Å². The molecule has 126 valence electrons. The van der Waals surface area contributed by atoms with Crippen LogP contribution >= 0.6 is 11.6 Å². The van der Waals surface area contributed by atoms with Crippen molar-refractivity contribution in [2.75, 3.05) is 11.9 Å². The van der Waals surface area contributed by atoms with E-state index in [1.54, 1.807) is 13.8 Å². The molecule has 1 aromatic heterocycles. The van der Waals surface area contributed by atoms with Crippen molar-refractivity contribution in [1.82, 2.24) is 5.16 Å². The third-order valence-electron chi connectivity index (χ3n) is 3.01. The summed E-state index contributed by atoms with van der Waals surface area (Å²) in [5.41, 5.74) is 0.482. The molecule has 0 radical (unpaired) electrons. The van der Waals surface area contributed by atoms with Gasteiger partial charge in [0, 0.05) is 12.1 Å². The van der Waals surface area contributed by atoms with Crippen molar-refractivity contribution in [1.29, 1.82) is 0 Å². The van der Waals surface area contributed by atoms with Crippen LogP contribution in [0, 0.1) is 24.0 Å². The van der Waals surface area contributed by atoms with E-state index in [2.05, 4.69) is 10.5 Å². The van der Waals surface area contributed by atoms with Gasteiger partial charge >= 0.3 is 5.97 Å². The zero-order chi connectivity index (χ0) is 17.9. The number of halogens is 1. The van der Waals surface area contributed by atoms with Gasteiger partial charge in [0.1, 0.15) is 11.3 Å². The van der Waals surface area contributed by atoms with Crippen LogP contribution in [0.4, 0.5) is 11.4 Å². The highest BCUT2D eigenvalue weighted by Gasteiger charge is 2.20. The topological polar surface area (TPSA) is 125 Å². The molecule has 0 saturated carbocycles. The molecule has 1 heterocycles. The first kappa shape index (κ1) is 17.4. The normalized spacial score (nSPS) is 10.3. The van der Waals surface area contributed by atoms with Gasteiger partial charge in [-0.05, 0) is 19.9 Å². The van der Waals surface area contributed by atoms with Gasteiger partial charge in [0.05, 0.1) is 21.3 Å². The summed E-state index contributed by atoms with van der Waals surface area (Å²) in [5.74, 6) is -1.10. The summed E-state index contributed by atoms with van der Waals surface area (Å²) in [5, 5.41) is 16.6. The predicted molar refractivity (Wildman–Crippen MR) is 83.0 cm³/mol. The molecule has 0 aliphatic heterocycles. The number of aromatic nitrogens is 1. The fraction of sp³-hybridized carbons (Fsp3) is 0.214. The lowest BCUT2D eigenvalue weighted by molar-refractivity contribution is -0.384. The Morgan fingerprint density at radius 3 is 2.67 bits per heavy atom. The second-order valence-corrected chi connectivity index (χ2v) is 5.15. The van der Waals surface area contributed by atoms with E-state index in [0.717, 1.165) is 6.07 Å². The molecule has 0 atom stereocenters. The van der Waals surface area contributed by atoms with E-state index in [1.807, 2.05) is 0 Å². The maximum atomic E-state index is 11.9. The number of hydrogen-bond acceptors (Lipinski definition) is 7. The van der Waals surface area contributed by atoms with Crippen LogP contribution in [0.3, 0.4) is 0 Å². The third-order valence-corrected chi connectivity index (χ3v) is 3.32. The second-order valence-electron chi connectivity index (χ2n) is 4.74. The van der Waals surface area contributed by atoms with Crippen molar-refractivity contribution < 1.29 is 23.8 Å². The molecule has 24 heavy (non-hydrogen) atoms. The summed E-state index contributed by atoms with van der Waals surface area (Å²) in [6.45, 7) is 2.56. The number of anilines is 1. The smallest absolute Gasteiger partial charge is 0.344 e. The van der Waals surface area contributed by atoms with Gasteiger partial charge in [-0.2, -0.15) is 0 Å².